The van der Waals surface area contributed by atoms with Crippen LogP contribution in [0.3, 0.4) is 0 Å². The van der Waals surface area contributed by atoms with E-state index in [1.807, 2.05) is 19.5 Å². The van der Waals surface area contributed by atoms with Crippen molar-refractivity contribution >= 4 is 6.21 Å². The van der Waals surface area contributed by atoms with Gasteiger partial charge in [-0.2, -0.15) is 5.01 Å². The number of hydrazine groups is 1. The van der Waals surface area contributed by atoms with Crippen LogP contribution < -0.4 is 0 Å². The van der Waals surface area contributed by atoms with Gasteiger partial charge in [0, 0.05) is 25.7 Å². The van der Waals surface area contributed by atoms with Crippen LogP contribution in [-0.4, -0.2) is 29.4 Å². The van der Waals surface area contributed by atoms with Crippen molar-refractivity contribution in [3.63, 3.8) is 0 Å². The van der Waals surface area contributed by atoms with Crippen molar-refractivity contribution in [2.75, 3.05) is 7.05 Å². The fraction of sp³-hybridized carbons (Fsp3) is 0.400. The van der Waals surface area contributed by atoms with Gasteiger partial charge in [-0.1, -0.05) is 0 Å². The second-order valence-corrected chi connectivity index (χ2v) is 1.96. The molecule has 0 aliphatic carbocycles. The lowest BCUT2D eigenvalue weighted by molar-refractivity contribution is 0.447. The zero-order valence-corrected chi connectivity index (χ0v) is 4.65. The number of fused-ring (bicyclic) bond motifs is 1. The van der Waals surface area contributed by atoms with Crippen LogP contribution in [0.25, 0.3) is 0 Å². The maximum atomic E-state index is 3.96. The Balaban J connectivity index is 2.23. The van der Waals surface area contributed by atoms with Gasteiger partial charge in [0.15, 0.2) is 0 Å². The Labute approximate surface area is 47.9 Å². The molecule has 0 bridgehead atoms. The molecule has 0 saturated carbocycles. The zero-order chi connectivity index (χ0) is 5.56. The Kier molecular flexibility index (Phi) is 0.569. The summed E-state index contributed by atoms with van der Waals surface area (Å²) in [5.74, 6) is 0. The Morgan fingerprint density at radius 2 is 2.50 bits per heavy atom. The Bertz CT molecular complexity index is 143. The van der Waals surface area contributed by atoms with Gasteiger partial charge in [0.25, 0.3) is 0 Å². The van der Waals surface area contributed by atoms with E-state index in [4.69, 9.17) is 0 Å². The standard InChI is InChI=1S/C5H7N3/c1-7-5-4-6-2-3-8(5)7/h2-5H,1H3. The number of rotatable bonds is 0. The lowest BCUT2D eigenvalue weighted by Gasteiger charge is -1.90. The minimum atomic E-state index is 0.458. The minimum Gasteiger partial charge on any atom is -0.285 e. The van der Waals surface area contributed by atoms with Gasteiger partial charge in [0.2, 0.25) is 0 Å². The first kappa shape index (κ1) is 4.09. The van der Waals surface area contributed by atoms with E-state index in [2.05, 4.69) is 15.0 Å². The third kappa shape index (κ3) is 0.344. The predicted molar refractivity (Wildman–Crippen MR) is 31.0 cm³/mol. The highest BCUT2D eigenvalue weighted by Crippen LogP contribution is 2.23. The summed E-state index contributed by atoms with van der Waals surface area (Å²) in [7, 11) is 2.03. The normalized spacial score (nSPS) is 39.9. The van der Waals surface area contributed by atoms with Gasteiger partial charge in [-0.15, -0.1) is 0 Å². The maximum absolute atomic E-state index is 3.96. The molecule has 1 fully saturated rings. The zero-order valence-electron chi connectivity index (χ0n) is 4.65. The first-order valence-electron chi connectivity index (χ1n) is 2.60. The second kappa shape index (κ2) is 1.11. The highest BCUT2D eigenvalue weighted by molar-refractivity contribution is 5.68. The fourth-order valence-corrected chi connectivity index (χ4v) is 0.883. The topological polar surface area (TPSA) is 18.4 Å². The molecule has 8 heavy (non-hydrogen) atoms. The van der Waals surface area contributed by atoms with Crippen molar-refractivity contribution in [2.45, 2.75) is 6.17 Å². The van der Waals surface area contributed by atoms with Crippen LogP contribution in [0.15, 0.2) is 17.4 Å². The molecule has 42 valence electrons. The van der Waals surface area contributed by atoms with Crippen LogP contribution in [0.4, 0.5) is 0 Å². The Hall–Kier alpha value is -0.830. The van der Waals surface area contributed by atoms with Crippen molar-refractivity contribution in [2.24, 2.45) is 4.99 Å². The molecule has 2 heterocycles. The molecule has 2 rings (SSSR count). The van der Waals surface area contributed by atoms with E-state index in [9.17, 15) is 0 Å². The molecule has 0 radical (unpaired) electrons. The van der Waals surface area contributed by atoms with E-state index in [0.29, 0.717) is 6.17 Å². The van der Waals surface area contributed by atoms with Crippen molar-refractivity contribution in [3.05, 3.63) is 12.4 Å². The van der Waals surface area contributed by atoms with Crippen LogP contribution in [-0.2, 0) is 0 Å². The monoisotopic (exact) mass is 109 g/mol. The molecule has 2 aliphatic heterocycles. The molecule has 0 spiro atoms. The summed E-state index contributed by atoms with van der Waals surface area (Å²) in [6.45, 7) is 0. The van der Waals surface area contributed by atoms with Crippen molar-refractivity contribution in [3.8, 4) is 0 Å². The fourth-order valence-electron chi connectivity index (χ4n) is 0.883. The molecule has 1 saturated heterocycles. The highest BCUT2D eigenvalue weighted by atomic mass is 15.8. The molecule has 0 aromatic carbocycles. The van der Waals surface area contributed by atoms with Crippen molar-refractivity contribution in [1.29, 1.82) is 0 Å². The van der Waals surface area contributed by atoms with E-state index in [0.717, 1.165) is 0 Å². The number of aliphatic imine (C=N–C) groups is 1. The van der Waals surface area contributed by atoms with Crippen LogP contribution in [0.2, 0.25) is 0 Å². The molecule has 3 heteroatoms. The van der Waals surface area contributed by atoms with Crippen molar-refractivity contribution < 1.29 is 0 Å². The molecule has 2 unspecified atom stereocenters. The molecule has 2 aliphatic rings. The Morgan fingerprint density at radius 1 is 1.62 bits per heavy atom. The van der Waals surface area contributed by atoms with E-state index < -0.39 is 0 Å². The first-order chi connectivity index (χ1) is 3.89. The van der Waals surface area contributed by atoms with Gasteiger partial charge in [0.05, 0.1) is 0 Å². The molecular weight excluding hydrogens is 102 g/mol. The predicted octanol–water partition coefficient (Wildman–Crippen LogP) is 0.0305. The van der Waals surface area contributed by atoms with Gasteiger partial charge in [-0.25, -0.2) is 0 Å². The van der Waals surface area contributed by atoms with Crippen LogP contribution >= 0.6 is 0 Å². The minimum absolute atomic E-state index is 0.458. The van der Waals surface area contributed by atoms with Crippen LogP contribution in [0.5, 0.6) is 0 Å². The molecule has 2 atom stereocenters. The van der Waals surface area contributed by atoms with Crippen LogP contribution in [0, 0.1) is 0 Å². The summed E-state index contributed by atoms with van der Waals surface area (Å²) in [4.78, 5) is 3.96. The van der Waals surface area contributed by atoms with Crippen LogP contribution in [0.1, 0.15) is 0 Å². The molecule has 3 nitrogen and oxygen atoms in total. The third-order valence-corrected chi connectivity index (χ3v) is 1.49. The molecule has 0 N–H and O–H groups in total. The van der Waals surface area contributed by atoms with Gasteiger partial charge >= 0.3 is 0 Å². The van der Waals surface area contributed by atoms with E-state index in [-0.39, 0.29) is 0 Å². The molecule has 0 amide bonds. The molecular formula is C5H7N3. The quantitative estimate of drug-likeness (QED) is 0.408. The third-order valence-electron chi connectivity index (χ3n) is 1.49. The summed E-state index contributed by atoms with van der Waals surface area (Å²) in [5, 5.41) is 4.21. The lowest BCUT2D eigenvalue weighted by Crippen LogP contribution is -1.96. The molecule has 0 aromatic heterocycles. The lowest BCUT2D eigenvalue weighted by atomic mass is 10.6. The SMILES string of the molecule is CN1C2C=NC=CN21. The summed E-state index contributed by atoms with van der Waals surface area (Å²) < 4.78 is 0. The second-order valence-electron chi connectivity index (χ2n) is 1.96. The highest BCUT2D eigenvalue weighted by Gasteiger charge is 2.38. The van der Waals surface area contributed by atoms with Gasteiger partial charge in [0.1, 0.15) is 6.17 Å². The summed E-state index contributed by atoms with van der Waals surface area (Å²) >= 11 is 0. The Morgan fingerprint density at radius 3 is 3.00 bits per heavy atom. The largest absolute Gasteiger partial charge is 0.285 e. The van der Waals surface area contributed by atoms with Crippen molar-refractivity contribution in [1.82, 2.24) is 10.0 Å². The number of hydrogen-bond donors (Lipinski definition) is 0. The van der Waals surface area contributed by atoms with Gasteiger partial charge in [-0.3, -0.25) is 10.0 Å². The summed E-state index contributed by atoms with van der Waals surface area (Å²) in [6, 6.07) is 0. The first-order valence-corrected chi connectivity index (χ1v) is 2.60. The average molecular weight is 109 g/mol. The van der Waals surface area contributed by atoms with Gasteiger partial charge < -0.3 is 0 Å². The maximum Gasteiger partial charge on any atom is 0.149 e. The van der Waals surface area contributed by atoms with E-state index >= 15 is 0 Å². The van der Waals surface area contributed by atoms with E-state index in [1.165, 1.54) is 0 Å². The number of hydrogen-bond acceptors (Lipinski definition) is 3. The number of nitrogens with zero attached hydrogens (tertiary/aromatic N) is 3. The smallest absolute Gasteiger partial charge is 0.149 e. The summed E-state index contributed by atoms with van der Waals surface area (Å²) in [5.41, 5.74) is 0. The molecule has 0 aromatic rings. The summed E-state index contributed by atoms with van der Waals surface area (Å²) in [6.07, 6.45) is 6.13. The van der Waals surface area contributed by atoms with E-state index in [1.54, 1.807) is 6.20 Å². The van der Waals surface area contributed by atoms with Gasteiger partial charge in [-0.05, 0) is 0 Å². The average Bonchev–Trinajstić information content (AvgIpc) is 2.46.